The number of ether oxygens (including phenoxy) is 1. The summed E-state index contributed by atoms with van der Waals surface area (Å²) in [5.41, 5.74) is 6.40. The third kappa shape index (κ3) is 5.43. The lowest BCUT2D eigenvalue weighted by Crippen LogP contribution is -2.50. The molecule has 5 nitrogen and oxygen atoms in total. The number of morpholine rings is 1. The average Bonchev–Trinajstić information content (AvgIpc) is 2.69. The molecular formula is C21H39N3O2. The number of amides is 1. The Kier molecular flexibility index (Phi) is 7.35. The fourth-order valence-corrected chi connectivity index (χ4v) is 5.37. The molecule has 0 aromatic rings. The molecule has 1 heterocycles. The summed E-state index contributed by atoms with van der Waals surface area (Å²) < 4.78 is 5.50. The molecule has 150 valence electrons. The van der Waals surface area contributed by atoms with E-state index in [9.17, 15) is 4.79 Å². The number of carbonyl (C=O) groups excluding carboxylic acids is 1. The Labute approximate surface area is 159 Å². The third-order valence-electron chi connectivity index (χ3n) is 7.12. The van der Waals surface area contributed by atoms with Crippen LogP contribution < -0.4 is 11.1 Å². The standard InChI is InChI=1S/C21H39N3O2/c22-16-20(7-3-1-4-8-20)15-19(25)23-17-21(9-5-2-6-10-21)18-24-11-13-26-14-12-24/h1-18,22H2,(H,23,25). The molecule has 2 saturated carbocycles. The summed E-state index contributed by atoms with van der Waals surface area (Å²) >= 11 is 0. The van der Waals surface area contributed by atoms with Gasteiger partial charge in [-0.05, 0) is 37.6 Å². The first-order valence-electron chi connectivity index (χ1n) is 10.9. The Morgan fingerprint density at radius 3 is 2.08 bits per heavy atom. The summed E-state index contributed by atoms with van der Waals surface area (Å²) in [6.45, 7) is 6.36. The highest BCUT2D eigenvalue weighted by molar-refractivity contribution is 5.76. The second-order valence-electron chi connectivity index (χ2n) is 9.17. The van der Waals surface area contributed by atoms with Crippen molar-refractivity contribution in [3.63, 3.8) is 0 Å². The minimum atomic E-state index is 0.0618. The molecule has 3 aliphatic rings. The van der Waals surface area contributed by atoms with Gasteiger partial charge in [0.05, 0.1) is 13.2 Å². The van der Waals surface area contributed by atoms with Gasteiger partial charge in [0.2, 0.25) is 5.91 Å². The molecule has 3 N–H and O–H groups in total. The predicted molar refractivity (Wildman–Crippen MR) is 105 cm³/mol. The van der Waals surface area contributed by atoms with Crippen LogP contribution in [0.5, 0.6) is 0 Å². The van der Waals surface area contributed by atoms with Crippen molar-refractivity contribution < 1.29 is 9.53 Å². The Morgan fingerprint density at radius 1 is 0.923 bits per heavy atom. The Balaban J connectivity index is 1.53. The largest absolute Gasteiger partial charge is 0.379 e. The first-order valence-corrected chi connectivity index (χ1v) is 10.9. The van der Waals surface area contributed by atoms with Gasteiger partial charge in [-0.3, -0.25) is 9.69 Å². The molecule has 26 heavy (non-hydrogen) atoms. The van der Waals surface area contributed by atoms with Crippen LogP contribution in [0.2, 0.25) is 0 Å². The lowest BCUT2D eigenvalue weighted by atomic mass is 9.71. The molecule has 1 aliphatic heterocycles. The molecule has 0 atom stereocenters. The number of carbonyl (C=O) groups is 1. The lowest BCUT2D eigenvalue weighted by Gasteiger charge is -2.42. The topological polar surface area (TPSA) is 67.6 Å². The van der Waals surface area contributed by atoms with E-state index in [0.717, 1.165) is 52.2 Å². The van der Waals surface area contributed by atoms with E-state index in [1.165, 1.54) is 51.4 Å². The van der Waals surface area contributed by atoms with Crippen molar-refractivity contribution in [2.24, 2.45) is 16.6 Å². The molecule has 0 bridgehead atoms. The van der Waals surface area contributed by atoms with Crippen molar-refractivity contribution in [1.29, 1.82) is 0 Å². The van der Waals surface area contributed by atoms with Gasteiger partial charge in [0.1, 0.15) is 0 Å². The van der Waals surface area contributed by atoms with Crippen molar-refractivity contribution in [3.8, 4) is 0 Å². The van der Waals surface area contributed by atoms with Gasteiger partial charge in [0.25, 0.3) is 0 Å². The van der Waals surface area contributed by atoms with Gasteiger partial charge in [-0.15, -0.1) is 0 Å². The fraction of sp³-hybridized carbons (Fsp3) is 0.952. The molecule has 0 unspecified atom stereocenters. The molecule has 1 saturated heterocycles. The number of nitrogens with one attached hydrogen (secondary N) is 1. The molecule has 0 spiro atoms. The SMILES string of the molecule is NCC1(CC(=O)NCC2(CN3CCOCC3)CCCCC2)CCCCC1. The van der Waals surface area contributed by atoms with E-state index >= 15 is 0 Å². The van der Waals surface area contributed by atoms with Crippen molar-refractivity contribution in [1.82, 2.24) is 10.2 Å². The van der Waals surface area contributed by atoms with E-state index in [-0.39, 0.29) is 16.7 Å². The van der Waals surface area contributed by atoms with Crippen LogP contribution in [0.15, 0.2) is 0 Å². The number of rotatable bonds is 7. The van der Waals surface area contributed by atoms with Gasteiger partial charge in [0, 0.05) is 38.0 Å². The number of nitrogens with zero attached hydrogens (tertiary/aromatic N) is 1. The third-order valence-corrected chi connectivity index (χ3v) is 7.12. The van der Waals surface area contributed by atoms with Crippen LogP contribution in [0.1, 0.15) is 70.6 Å². The van der Waals surface area contributed by atoms with E-state index in [1.807, 2.05) is 0 Å². The summed E-state index contributed by atoms with van der Waals surface area (Å²) in [5, 5.41) is 3.34. The Bertz CT molecular complexity index is 437. The van der Waals surface area contributed by atoms with Gasteiger partial charge in [-0.25, -0.2) is 0 Å². The van der Waals surface area contributed by atoms with Gasteiger partial charge < -0.3 is 15.8 Å². The smallest absolute Gasteiger partial charge is 0.220 e. The maximum atomic E-state index is 12.8. The molecule has 0 aromatic heterocycles. The van der Waals surface area contributed by atoms with Gasteiger partial charge >= 0.3 is 0 Å². The minimum absolute atomic E-state index is 0.0618. The molecule has 2 aliphatic carbocycles. The van der Waals surface area contributed by atoms with Crippen LogP contribution >= 0.6 is 0 Å². The fourth-order valence-electron chi connectivity index (χ4n) is 5.37. The van der Waals surface area contributed by atoms with Gasteiger partial charge in [0.15, 0.2) is 0 Å². The highest BCUT2D eigenvalue weighted by atomic mass is 16.5. The van der Waals surface area contributed by atoms with Crippen LogP contribution in [-0.4, -0.2) is 56.7 Å². The first kappa shape index (κ1) is 20.1. The number of hydrogen-bond donors (Lipinski definition) is 2. The zero-order valence-corrected chi connectivity index (χ0v) is 16.6. The molecule has 1 amide bonds. The molecule has 0 aromatic carbocycles. The normalized spacial score (nSPS) is 26.3. The Morgan fingerprint density at radius 2 is 1.50 bits per heavy atom. The first-order chi connectivity index (χ1) is 12.7. The predicted octanol–water partition coefficient (Wildman–Crippen LogP) is 2.68. The summed E-state index contributed by atoms with van der Waals surface area (Å²) in [7, 11) is 0. The van der Waals surface area contributed by atoms with Gasteiger partial charge in [-0.1, -0.05) is 38.5 Å². The lowest BCUT2D eigenvalue weighted by molar-refractivity contribution is -0.124. The maximum absolute atomic E-state index is 12.8. The number of nitrogens with two attached hydrogens (primary N) is 1. The monoisotopic (exact) mass is 365 g/mol. The zero-order valence-electron chi connectivity index (χ0n) is 16.6. The van der Waals surface area contributed by atoms with Gasteiger partial charge in [-0.2, -0.15) is 0 Å². The van der Waals surface area contributed by atoms with E-state index in [4.69, 9.17) is 10.5 Å². The van der Waals surface area contributed by atoms with E-state index in [2.05, 4.69) is 10.2 Å². The van der Waals surface area contributed by atoms with Crippen molar-refractivity contribution in [2.45, 2.75) is 70.6 Å². The van der Waals surface area contributed by atoms with E-state index < -0.39 is 0 Å². The highest BCUT2D eigenvalue weighted by Gasteiger charge is 2.36. The Hall–Kier alpha value is -0.650. The van der Waals surface area contributed by atoms with Crippen LogP contribution in [-0.2, 0) is 9.53 Å². The average molecular weight is 366 g/mol. The summed E-state index contributed by atoms with van der Waals surface area (Å²) in [6, 6.07) is 0. The van der Waals surface area contributed by atoms with E-state index in [0.29, 0.717) is 13.0 Å². The second-order valence-corrected chi connectivity index (χ2v) is 9.17. The van der Waals surface area contributed by atoms with Crippen molar-refractivity contribution in [3.05, 3.63) is 0 Å². The van der Waals surface area contributed by atoms with Crippen LogP contribution in [0.4, 0.5) is 0 Å². The van der Waals surface area contributed by atoms with Crippen LogP contribution in [0, 0.1) is 10.8 Å². The molecule has 5 heteroatoms. The second kappa shape index (κ2) is 9.52. The summed E-state index contributed by atoms with van der Waals surface area (Å²) in [5.74, 6) is 0.226. The molecule has 3 rings (SSSR count). The zero-order chi connectivity index (χ0) is 18.3. The van der Waals surface area contributed by atoms with Crippen molar-refractivity contribution >= 4 is 5.91 Å². The minimum Gasteiger partial charge on any atom is -0.379 e. The molecule has 3 fully saturated rings. The summed E-state index contributed by atoms with van der Waals surface area (Å²) in [4.78, 5) is 15.3. The highest BCUT2D eigenvalue weighted by Crippen LogP contribution is 2.39. The molecule has 0 radical (unpaired) electrons. The van der Waals surface area contributed by atoms with Crippen molar-refractivity contribution in [2.75, 3.05) is 45.9 Å². The molecular weight excluding hydrogens is 326 g/mol. The summed E-state index contributed by atoms with van der Waals surface area (Å²) in [6.07, 6.45) is 13.0. The quantitative estimate of drug-likeness (QED) is 0.728. The van der Waals surface area contributed by atoms with Crippen LogP contribution in [0.3, 0.4) is 0 Å². The van der Waals surface area contributed by atoms with E-state index in [1.54, 1.807) is 0 Å². The van der Waals surface area contributed by atoms with Crippen LogP contribution in [0.25, 0.3) is 0 Å². The number of hydrogen-bond acceptors (Lipinski definition) is 4. The maximum Gasteiger partial charge on any atom is 0.220 e.